The minimum atomic E-state index is -3.04. The summed E-state index contributed by atoms with van der Waals surface area (Å²) in [6, 6.07) is 7.42. The van der Waals surface area contributed by atoms with Gasteiger partial charge in [0.1, 0.15) is 35.1 Å². The Morgan fingerprint density at radius 1 is 1.21 bits per heavy atom. The summed E-state index contributed by atoms with van der Waals surface area (Å²) in [5, 5.41) is 0. The van der Waals surface area contributed by atoms with Crippen molar-refractivity contribution in [3.8, 4) is 17.2 Å². The van der Waals surface area contributed by atoms with Gasteiger partial charge in [0, 0.05) is 19.3 Å². The van der Waals surface area contributed by atoms with Crippen LogP contribution in [0, 0.1) is 6.92 Å². The number of halogens is 2. The van der Waals surface area contributed by atoms with Crippen LogP contribution in [-0.4, -0.2) is 50.7 Å². The third-order valence-corrected chi connectivity index (χ3v) is 6.23. The number of carbonyl (C=O) groups is 1. The molecule has 4 heterocycles. The van der Waals surface area contributed by atoms with Crippen molar-refractivity contribution in [2.75, 3.05) is 19.8 Å². The number of nitrogens with zero attached hydrogens (tertiary/aromatic N) is 4. The van der Waals surface area contributed by atoms with Crippen LogP contribution in [0.15, 0.2) is 47.7 Å². The molecule has 1 amide bonds. The number of pyridine rings is 1. The van der Waals surface area contributed by atoms with Crippen LogP contribution in [-0.2, 0) is 12.5 Å². The van der Waals surface area contributed by atoms with E-state index in [9.17, 15) is 18.4 Å². The minimum Gasteiger partial charge on any atom is -0.493 e. The molecule has 0 bridgehead atoms. The SMILES string of the molecule is Cc1cn(-c2ccc3n(c2=O)CCN([C@@H](C)COc2cccc4c2C(F)(F)CCO4)C3=O)cn1. The molecular weight excluding hydrogens is 446 g/mol. The molecule has 2 aromatic heterocycles. The molecule has 0 fully saturated rings. The molecule has 0 aliphatic carbocycles. The predicted molar refractivity (Wildman–Crippen MR) is 119 cm³/mol. The number of rotatable bonds is 5. The Kier molecular flexibility index (Phi) is 5.38. The Morgan fingerprint density at radius 2 is 2.03 bits per heavy atom. The van der Waals surface area contributed by atoms with E-state index in [1.54, 1.807) is 47.1 Å². The first-order valence-corrected chi connectivity index (χ1v) is 11.1. The zero-order valence-electron chi connectivity index (χ0n) is 18.8. The van der Waals surface area contributed by atoms with Crippen LogP contribution in [0.3, 0.4) is 0 Å². The lowest BCUT2D eigenvalue weighted by atomic mass is 10.0. The van der Waals surface area contributed by atoms with Gasteiger partial charge in [-0.05, 0) is 38.1 Å². The maximum absolute atomic E-state index is 14.5. The van der Waals surface area contributed by atoms with Crippen molar-refractivity contribution in [2.45, 2.75) is 38.8 Å². The predicted octanol–water partition coefficient (Wildman–Crippen LogP) is 3.14. The van der Waals surface area contributed by atoms with E-state index in [1.165, 1.54) is 16.7 Å². The van der Waals surface area contributed by atoms with Crippen molar-refractivity contribution in [3.63, 3.8) is 0 Å². The molecule has 2 aliphatic rings. The Balaban J connectivity index is 1.34. The van der Waals surface area contributed by atoms with Crippen LogP contribution >= 0.6 is 0 Å². The molecular formula is C24H24F2N4O4. The van der Waals surface area contributed by atoms with Crippen LogP contribution in [0.25, 0.3) is 5.69 Å². The summed E-state index contributed by atoms with van der Waals surface area (Å²) in [7, 11) is 0. The summed E-state index contributed by atoms with van der Waals surface area (Å²) in [5.74, 6) is -3.18. The van der Waals surface area contributed by atoms with Crippen LogP contribution in [0.2, 0.25) is 0 Å². The minimum absolute atomic E-state index is 0.0227. The number of carbonyl (C=O) groups excluding carboxylic acids is 1. The van der Waals surface area contributed by atoms with E-state index < -0.39 is 18.4 Å². The average Bonchev–Trinajstić information content (AvgIpc) is 3.24. The molecule has 34 heavy (non-hydrogen) atoms. The second kappa shape index (κ2) is 8.27. The van der Waals surface area contributed by atoms with Gasteiger partial charge >= 0.3 is 0 Å². The maximum atomic E-state index is 14.5. The van der Waals surface area contributed by atoms with Crippen LogP contribution in [0.1, 0.15) is 35.1 Å². The lowest BCUT2D eigenvalue weighted by Gasteiger charge is -2.34. The topological polar surface area (TPSA) is 78.6 Å². The molecule has 8 nitrogen and oxygen atoms in total. The van der Waals surface area contributed by atoms with Crippen LogP contribution in [0.5, 0.6) is 11.5 Å². The molecule has 178 valence electrons. The quantitative estimate of drug-likeness (QED) is 0.573. The number of aromatic nitrogens is 3. The van der Waals surface area contributed by atoms with Gasteiger partial charge in [0.25, 0.3) is 17.4 Å². The third-order valence-electron chi connectivity index (χ3n) is 6.23. The number of fused-ring (bicyclic) bond motifs is 2. The standard InChI is InChI=1S/C24H24F2N4O4/c1-15-12-28(14-27-15)17-6-7-18-23(32)29(9-10-30(18)22(17)31)16(2)13-34-20-5-3-4-19-21(20)24(25,26)8-11-33-19/h3-7,12,14,16H,8-11,13H2,1-2H3/t16-/m0/s1. The lowest BCUT2D eigenvalue weighted by Crippen LogP contribution is -2.50. The highest BCUT2D eigenvalue weighted by Gasteiger charge is 2.41. The van der Waals surface area contributed by atoms with Gasteiger partial charge in [0.05, 0.1) is 31.1 Å². The Bertz CT molecular complexity index is 1320. The molecule has 0 spiro atoms. The van der Waals surface area contributed by atoms with Crippen molar-refractivity contribution in [2.24, 2.45) is 0 Å². The number of benzene rings is 1. The Hall–Kier alpha value is -3.69. The molecule has 0 saturated heterocycles. The van der Waals surface area contributed by atoms with E-state index in [0.717, 1.165) is 5.69 Å². The first kappa shape index (κ1) is 22.1. The Morgan fingerprint density at radius 3 is 2.79 bits per heavy atom. The second-order valence-electron chi connectivity index (χ2n) is 8.57. The maximum Gasteiger partial charge on any atom is 0.283 e. The summed E-state index contributed by atoms with van der Waals surface area (Å²) >= 11 is 0. The van der Waals surface area contributed by atoms with Gasteiger partial charge in [-0.3, -0.25) is 9.59 Å². The van der Waals surface area contributed by atoms with Gasteiger partial charge in [-0.1, -0.05) is 6.07 Å². The van der Waals surface area contributed by atoms with E-state index in [2.05, 4.69) is 4.98 Å². The van der Waals surface area contributed by atoms with E-state index in [1.807, 2.05) is 6.92 Å². The molecule has 10 heteroatoms. The summed E-state index contributed by atoms with van der Waals surface area (Å²) in [4.78, 5) is 31.9. The molecule has 1 aromatic carbocycles. The molecule has 0 N–H and O–H groups in total. The van der Waals surface area contributed by atoms with E-state index in [4.69, 9.17) is 9.47 Å². The molecule has 0 radical (unpaired) electrons. The number of hydrogen-bond acceptors (Lipinski definition) is 5. The fraction of sp³-hybridized carbons (Fsp3) is 0.375. The zero-order chi connectivity index (χ0) is 24.0. The largest absolute Gasteiger partial charge is 0.493 e. The summed E-state index contributed by atoms with van der Waals surface area (Å²) in [6.45, 7) is 4.21. The number of hydrogen-bond donors (Lipinski definition) is 0. The number of amides is 1. The first-order chi connectivity index (χ1) is 16.3. The first-order valence-electron chi connectivity index (χ1n) is 11.1. The van der Waals surface area contributed by atoms with Crippen LogP contribution in [0.4, 0.5) is 8.78 Å². The molecule has 2 aliphatic heterocycles. The molecule has 3 aromatic rings. The summed E-state index contributed by atoms with van der Waals surface area (Å²) in [6.07, 6.45) is 2.90. The molecule has 1 atom stereocenters. The smallest absolute Gasteiger partial charge is 0.283 e. The van der Waals surface area contributed by atoms with Gasteiger partial charge in [0.2, 0.25) is 0 Å². The summed E-state index contributed by atoms with van der Waals surface area (Å²) in [5.41, 5.74) is 0.949. The number of aryl methyl sites for hydroxylation is 1. The van der Waals surface area contributed by atoms with Crippen molar-refractivity contribution < 1.29 is 23.0 Å². The number of ether oxygens (including phenoxy) is 2. The fourth-order valence-electron chi connectivity index (χ4n) is 4.43. The van der Waals surface area contributed by atoms with Crippen molar-refractivity contribution in [1.29, 1.82) is 0 Å². The fourth-order valence-corrected chi connectivity index (χ4v) is 4.43. The van der Waals surface area contributed by atoms with Gasteiger partial charge in [0.15, 0.2) is 0 Å². The highest BCUT2D eigenvalue weighted by atomic mass is 19.3. The van der Waals surface area contributed by atoms with E-state index in [0.29, 0.717) is 18.8 Å². The number of alkyl halides is 2. The normalized spacial score (nSPS) is 17.5. The monoisotopic (exact) mass is 470 g/mol. The molecule has 0 saturated carbocycles. The molecule has 5 rings (SSSR count). The van der Waals surface area contributed by atoms with Gasteiger partial charge in [-0.15, -0.1) is 0 Å². The van der Waals surface area contributed by atoms with E-state index in [-0.39, 0.29) is 47.4 Å². The molecule has 0 unspecified atom stereocenters. The van der Waals surface area contributed by atoms with Crippen molar-refractivity contribution in [1.82, 2.24) is 19.0 Å². The van der Waals surface area contributed by atoms with Gasteiger partial charge in [-0.2, -0.15) is 0 Å². The van der Waals surface area contributed by atoms with Gasteiger partial charge < -0.3 is 23.5 Å². The highest BCUT2D eigenvalue weighted by Crippen LogP contribution is 2.46. The highest BCUT2D eigenvalue weighted by molar-refractivity contribution is 5.93. The number of imidazole rings is 1. The van der Waals surface area contributed by atoms with E-state index >= 15 is 0 Å². The Labute approximate surface area is 194 Å². The second-order valence-corrected chi connectivity index (χ2v) is 8.57. The van der Waals surface area contributed by atoms with Crippen LogP contribution < -0.4 is 15.0 Å². The van der Waals surface area contributed by atoms with Gasteiger partial charge in [-0.25, -0.2) is 13.8 Å². The summed E-state index contributed by atoms with van der Waals surface area (Å²) < 4.78 is 43.2. The zero-order valence-corrected chi connectivity index (χ0v) is 18.8. The van der Waals surface area contributed by atoms with Crippen molar-refractivity contribution >= 4 is 5.91 Å². The average molecular weight is 470 g/mol. The third kappa shape index (κ3) is 3.72. The van der Waals surface area contributed by atoms with Crippen molar-refractivity contribution in [3.05, 3.63) is 70.2 Å². The lowest BCUT2D eigenvalue weighted by molar-refractivity contribution is -0.0432.